The summed E-state index contributed by atoms with van der Waals surface area (Å²) in [5.41, 5.74) is 3.90. The van der Waals surface area contributed by atoms with Crippen LogP contribution in [-0.2, 0) is 6.42 Å². The Morgan fingerprint density at radius 1 is 1.00 bits per heavy atom. The number of halogens is 1. The van der Waals surface area contributed by atoms with Crippen LogP contribution < -0.4 is 5.32 Å². The molecule has 0 aliphatic rings. The summed E-state index contributed by atoms with van der Waals surface area (Å²) in [4.78, 5) is 0. The van der Waals surface area contributed by atoms with Crippen molar-refractivity contribution in [2.24, 2.45) is 0 Å². The lowest BCUT2D eigenvalue weighted by molar-refractivity contribution is 0.550. The summed E-state index contributed by atoms with van der Waals surface area (Å²) in [6.45, 7) is 7.51. The van der Waals surface area contributed by atoms with Gasteiger partial charge in [-0.05, 0) is 41.6 Å². The van der Waals surface area contributed by atoms with Crippen molar-refractivity contribution in [2.45, 2.75) is 39.2 Å². The Balaban J connectivity index is 2.18. The summed E-state index contributed by atoms with van der Waals surface area (Å²) < 4.78 is 0. The zero-order valence-corrected chi connectivity index (χ0v) is 13.8. The van der Waals surface area contributed by atoms with Gasteiger partial charge >= 0.3 is 0 Å². The molecular weight excluding hydrogens is 278 g/mol. The van der Waals surface area contributed by atoms with E-state index in [2.05, 4.69) is 56.4 Å². The first-order valence-corrected chi connectivity index (χ1v) is 8.06. The van der Waals surface area contributed by atoms with Gasteiger partial charge in [-0.25, -0.2) is 0 Å². The van der Waals surface area contributed by atoms with Crippen molar-refractivity contribution in [3.05, 3.63) is 70.2 Å². The third-order valence-corrected chi connectivity index (χ3v) is 4.16. The smallest absolute Gasteiger partial charge is 0.0453 e. The molecule has 2 rings (SSSR count). The fraction of sp³-hybridized carbons (Fsp3) is 0.368. The van der Waals surface area contributed by atoms with Crippen LogP contribution in [0.1, 0.15) is 49.4 Å². The Bertz CT molecular complexity index is 560. The summed E-state index contributed by atoms with van der Waals surface area (Å²) in [6, 6.07) is 17.3. The van der Waals surface area contributed by atoms with Crippen molar-refractivity contribution in [1.29, 1.82) is 0 Å². The number of hydrogen-bond donors (Lipinski definition) is 1. The molecule has 0 aliphatic heterocycles. The number of benzene rings is 2. The molecule has 1 nitrogen and oxygen atoms in total. The minimum Gasteiger partial charge on any atom is -0.310 e. The van der Waals surface area contributed by atoms with Crippen molar-refractivity contribution in [1.82, 2.24) is 5.32 Å². The maximum absolute atomic E-state index is 6.35. The van der Waals surface area contributed by atoms with E-state index in [1.54, 1.807) is 0 Å². The van der Waals surface area contributed by atoms with E-state index in [1.165, 1.54) is 16.7 Å². The van der Waals surface area contributed by atoms with Crippen LogP contribution in [0.4, 0.5) is 0 Å². The summed E-state index contributed by atoms with van der Waals surface area (Å²) in [5, 5.41) is 4.38. The molecule has 2 aromatic carbocycles. The SMILES string of the molecule is CCNC(Cc1ccc(C(C)C)cc1)c1ccccc1Cl. The molecule has 1 N–H and O–H groups in total. The van der Waals surface area contributed by atoms with Crippen LogP contribution in [0.2, 0.25) is 5.02 Å². The van der Waals surface area contributed by atoms with Crippen molar-refractivity contribution in [3.63, 3.8) is 0 Å². The lowest BCUT2D eigenvalue weighted by Gasteiger charge is -2.20. The summed E-state index contributed by atoms with van der Waals surface area (Å²) in [6.07, 6.45) is 0.954. The Morgan fingerprint density at radius 3 is 2.24 bits per heavy atom. The second-order valence-electron chi connectivity index (χ2n) is 5.73. The van der Waals surface area contributed by atoms with Crippen molar-refractivity contribution < 1.29 is 0 Å². The van der Waals surface area contributed by atoms with Crippen LogP contribution in [0.25, 0.3) is 0 Å². The predicted molar refractivity (Wildman–Crippen MR) is 92.1 cm³/mol. The monoisotopic (exact) mass is 301 g/mol. The minimum atomic E-state index is 0.258. The molecule has 0 heterocycles. The van der Waals surface area contributed by atoms with Gasteiger partial charge in [0.15, 0.2) is 0 Å². The molecule has 2 heteroatoms. The second kappa shape index (κ2) is 7.63. The van der Waals surface area contributed by atoms with Gasteiger partial charge in [0.2, 0.25) is 0 Å². The quantitative estimate of drug-likeness (QED) is 0.757. The van der Waals surface area contributed by atoms with E-state index in [4.69, 9.17) is 11.6 Å². The van der Waals surface area contributed by atoms with Gasteiger partial charge in [0.25, 0.3) is 0 Å². The molecule has 1 atom stereocenters. The molecule has 21 heavy (non-hydrogen) atoms. The highest BCUT2D eigenvalue weighted by Crippen LogP contribution is 2.26. The van der Waals surface area contributed by atoms with Crippen molar-refractivity contribution in [2.75, 3.05) is 6.54 Å². The van der Waals surface area contributed by atoms with Crippen LogP contribution in [-0.4, -0.2) is 6.54 Å². The van der Waals surface area contributed by atoms with Gasteiger partial charge in [-0.2, -0.15) is 0 Å². The van der Waals surface area contributed by atoms with Gasteiger partial charge in [0.1, 0.15) is 0 Å². The van der Waals surface area contributed by atoms with E-state index in [0.29, 0.717) is 5.92 Å². The largest absolute Gasteiger partial charge is 0.310 e. The highest BCUT2D eigenvalue weighted by atomic mass is 35.5. The second-order valence-corrected chi connectivity index (χ2v) is 6.14. The number of rotatable bonds is 6. The minimum absolute atomic E-state index is 0.258. The third kappa shape index (κ3) is 4.33. The zero-order valence-electron chi connectivity index (χ0n) is 13.1. The topological polar surface area (TPSA) is 12.0 Å². The first-order chi connectivity index (χ1) is 10.1. The van der Waals surface area contributed by atoms with Gasteiger partial charge in [-0.15, -0.1) is 0 Å². The first kappa shape index (κ1) is 16.1. The van der Waals surface area contributed by atoms with E-state index >= 15 is 0 Å². The maximum Gasteiger partial charge on any atom is 0.0453 e. The Morgan fingerprint density at radius 2 is 1.67 bits per heavy atom. The molecule has 2 aromatic rings. The van der Waals surface area contributed by atoms with Crippen molar-refractivity contribution >= 4 is 11.6 Å². The molecule has 0 spiro atoms. The lowest BCUT2D eigenvalue weighted by atomic mass is 9.96. The van der Waals surface area contributed by atoms with Crippen LogP contribution >= 0.6 is 11.6 Å². The van der Waals surface area contributed by atoms with Crippen molar-refractivity contribution in [3.8, 4) is 0 Å². The Kier molecular flexibility index (Phi) is 5.84. The average Bonchev–Trinajstić information content (AvgIpc) is 2.48. The maximum atomic E-state index is 6.35. The molecule has 0 amide bonds. The fourth-order valence-corrected chi connectivity index (χ4v) is 2.84. The Hall–Kier alpha value is -1.31. The van der Waals surface area contributed by atoms with Crippen LogP contribution in [0, 0.1) is 0 Å². The van der Waals surface area contributed by atoms with Gasteiger partial charge < -0.3 is 5.32 Å². The van der Waals surface area contributed by atoms with Gasteiger partial charge in [0.05, 0.1) is 0 Å². The van der Waals surface area contributed by atoms with Crippen LogP contribution in [0.5, 0.6) is 0 Å². The molecular formula is C19H24ClN. The van der Waals surface area contributed by atoms with E-state index in [-0.39, 0.29) is 6.04 Å². The highest BCUT2D eigenvalue weighted by molar-refractivity contribution is 6.31. The molecule has 112 valence electrons. The lowest BCUT2D eigenvalue weighted by Crippen LogP contribution is -2.23. The standard InChI is InChI=1S/C19H24ClN/c1-4-21-19(17-7-5-6-8-18(17)20)13-15-9-11-16(12-10-15)14(2)3/h5-12,14,19,21H,4,13H2,1-3H3. The summed E-state index contributed by atoms with van der Waals surface area (Å²) >= 11 is 6.35. The average molecular weight is 302 g/mol. The van der Waals surface area contributed by atoms with Gasteiger partial charge in [0, 0.05) is 11.1 Å². The molecule has 0 radical (unpaired) electrons. The highest BCUT2D eigenvalue weighted by Gasteiger charge is 2.14. The number of likely N-dealkylation sites (N-methyl/N-ethyl adjacent to an activating group) is 1. The Labute approximate surface area is 133 Å². The van der Waals surface area contributed by atoms with Gasteiger partial charge in [-0.1, -0.05) is 74.8 Å². The first-order valence-electron chi connectivity index (χ1n) is 7.68. The molecule has 0 saturated carbocycles. The summed E-state index contributed by atoms with van der Waals surface area (Å²) in [5.74, 6) is 0.576. The summed E-state index contributed by atoms with van der Waals surface area (Å²) in [7, 11) is 0. The van der Waals surface area contributed by atoms with E-state index in [1.807, 2.05) is 18.2 Å². The zero-order chi connectivity index (χ0) is 15.2. The number of nitrogens with one attached hydrogen (secondary N) is 1. The van der Waals surface area contributed by atoms with Crippen LogP contribution in [0.15, 0.2) is 48.5 Å². The molecule has 0 fully saturated rings. The fourth-order valence-electron chi connectivity index (χ4n) is 2.57. The molecule has 0 aromatic heterocycles. The predicted octanol–water partition coefficient (Wildman–Crippen LogP) is 5.36. The van der Waals surface area contributed by atoms with E-state index < -0.39 is 0 Å². The normalized spacial score (nSPS) is 12.6. The van der Waals surface area contributed by atoms with Crippen LogP contribution in [0.3, 0.4) is 0 Å². The van der Waals surface area contributed by atoms with E-state index in [9.17, 15) is 0 Å². The molecule has 0 aliphatic carbocycles. The van der Waals surface area contributed by atoms with Gasteiger partial charge in [-0.3, -0.25) is 0 Å². The van der Waals surface area contributed by atoms with E-state index in [0.717, 1.165) is 18.0 Å². The molecule has 0 saturated heterocycles. The number of hydrogen-bond acceptors (Lipinski definition) is 1. The third-order valence-electron chi connectivity index (χ3n) is 3.82. The molecule has 0 bridgehead atoms. The molecule has 1 unspecified atom stereocenters.